The summed E-state index contributed by atoms with van der Waals surface area (Å²) in [7, 11) is 0. The minimum atomic E-state index is -0.419. The number of aliphatic imine (C=N–C) groups is 1. The van der Waals surface area contributed by atoms with E-state index in [0.717, 1.165) is 5.69 Å². The van der Waals surface area contributed by atoms with Crippen LogP contribution in [0, 0.1) is 22.6 Å². The van der Waals surface area contributed by atoms with Gasteiger partial charge in [-0.1, -0.05) is 12.1 Å². The molecule has 0 unspecified atom stereocenters. The molecule has 4 N–H and O–H groups in total. The largest absolute Gasteiger partial charge is 0.385 e. The molecule has 1 aliphatic heterocycles. The number of aryl methyl sites for hydroxylation is 1. The van der Waals surface area contributed by atoms with E-state index in [4.69, 9.17) is 11.1 Å². The van der Waals surface area contributed by atoms with Crippen LogP contribution in [0.5, 0.6) is 0 Å². The number of rotatable bonds is 6. The molecular formula is C24H21FN8. The fourth-order valence-electron chi connectivity index (χ4n) is 3.57. The lowest BCUT2D eigenvalue weighted by Crippen LogP contribution is -2.30. The van der Waals surface area contributed by atoms with Gasteiger partial charge in [0, 0.05) is 41.8 Å². The maximum Gasteiger partial charge on any atom is 0.150 e. The molecule has 0 saturated carbocycles. The van der Waals surface area contributed by atoms with Crippen molar-refractivity contribution in [3.63, 3.8) is 0 Å². The number of pyridine rings is 1. The number of nitrogens with one attached hydrogen (secondary N) is 2. The number of hydrogen-bond acceptors (Lipinski definition) is 7. The van der Waals surface area contributed by atoms with Gasteiger partial charge < -0.3 is 11.1 Å². The number of allylic oxidation sites excluding steroid dienone is 1. The minimum Gasteiger partial charge on any atom is -0.385 e. The average Bonchev–Trinajstić information content (AvgIpc) is 3.31. The van der Waals surface area contributed by atoms with E-state index in [0.29, 0.717) is 34.5 Å². The van der Waals surface area contributed by atoms with Crippen molar-refractivity contribution >= 4 is 22.8 Å². The van der Waals surface area contributed by atoms with Gasteiger partial charge in [0.05, 0.1) is 35.3 Å². The Balaban J connectivity index is 1.87. The van der Waals surface area contributed by atoms with Crippen LogP contribution in [-0.4, -0.2) is 26.3 Å². The molecule has 0 radical (unpaired) electrons. The maximum atomic E-state index is 14.0. The number of amidine groups is 1. The molecule has 1 aromatic carbocycles. The Hall–Kier alpha value is -4.58. The lowest BCUT2D eigenvalue weighted by Gasteiger charge is -2.23. The van der Waals surface area contributed by atoms with Gasteiger partial charge in [-0.25, -0.2) is 9.38 Å². The predicted molar refractivity (Wildman–Crippen MR) is 124 cm³/mol. The first kappa shape index (κ1) is 21.6. The topological polar surface area (TPSA) is 129 Å². The van der Waals surface area contributed by atoms with Gasteiger partial charge in [0.1, 0.15) is 17.4 Å². The number of nitriles is 1. The molecule has 2 aromatic heterocycles. The average molecular weight is 440 g/mol. The Morgan fingerprint density at radius 3 is 2.85 bits per heavy atom. The van der Waals surface area contributed by atoms with Crippen LogP contribution < -0.4 is 11.1 Å². The lowest BCUT2D eigenvalue weighted by molar-refractivity contribution is 0.591. The highest BCUT2D eigenvalue weighted by Crippen LogP contribution is 2.36. The molecule has 0 spiro atoms. The highest BCUT2D eigenvalue weighted by Gasteiger charge is 2.28. The second-order valence-electron chi connectivity index (χ2n) is 7.19. The lowest BCUT2D eigenvalue weighted by atomic mass is 9.90. The van der Waals surface area contributed by atoms with E-state index in [9.17, 15) is 9.65 Å². The standard InChI is InChI=1S/C24H21FN8/c1-2-33-20(8-10-31-33)21-17(13-29-14-19-18(25)7-4-9-30-19)22(27)24(28)32-23(21)16-6-3-5-15(11-16)12-26/h3-11,13,27,29H,2,14H2,1H3,(H2,28,32)/b17-13-,27-22?. The summed E-state index contributed by atoms with van der Waals surface area (Å²) < 4.78 is 15.8. The van der Waals surface area contributed by atoms with Crippen molar-refractivity contribution in [2.45, 2.75) is 20.0 Å². The summed E-state index contributed by atoms with van der Waals surface area (Å²) >= 11 is 0. The van der Waals surface area contributed by atoms with Gasteiger partial charge >= 0.3 is 0 Å². The van der Waals surface area contributed by atoms with Crippen LogP contribution in [0.2, 0.25) is 0 Å². The molecule has 0 aliphatic carbocycles. The highest BCUT2D eigenvalue weighted by molar-refractivity contribution is 6.52. The van der Waals surface area contributed by atoms with Crippen molar-refractivity contribution in [1.82, 2.24) is 20.1 Å². The molecule has 3 aromatic rings. The normalized spacial score (nSPS) is 14.9. The van der Waals surface area contributed by atoms with Crippen molar-refractivity contribution in [2.24, 2.45) is 10.7 Å². The van der Waals surface area contributed by atoms with Crippen molar-refractivity contribution < 1.29 is 4.39 Å². The molecule has 0 bridgehead atoms. The monoisotopic (exact) mass is 440 g/mol. The zero-order valence-corrected chi connectivity index (χ0v) is 17.9. The molecule has 0 saturated heterocycles. The van der Waals surface area contributed by atoms with Crippen molar-refractivity contribution in [2.75, 3.05) is 0 Å². The van der Waals surface area contributed by atoms with E-state index in [2.05, 4.69) is 26.5 Å². The molecule has 0 fully saturated rings. The summed E-state index contributed by atoms with van der Waals surface area (Å²) in [5, 5.41) is 25.4. The van der Waals surface area contributed by atoms with Crippen LogP contribution in [0.3, 0.4) is 0 Å². The van der Waals surface area contributed by atoms with Crippen molar-refractivity contribution in [1.29, 1.82) is 10.7 Å². The quantitative estimate of drug-likeness (QED) is 0.542. The third kappa shape index (κ3) is 4.27. The first-order valence-corrected chi connectivity index (χ1v) is 10.3. The summed E-state index contributed by atoms with van der Waals surface area (Å²) in [6, 6.07) is 13.9. The molecular weight excluding hydrogens is 419 g/mol. The Kier molecular flexibility index (Phi) is 6.09. The van der Waals surface area contributed by atoms with E-state index >= 15 is 0 Å². The molecule has 0 atom stereocenters. The van der Waals surface area contributed by atoms with E-state index in [1.807, 2.05) is 19.1 Å². The Morgan fingerprint density at radius 2 is 2.09 bits per heavy atom. The van der Waals surface area contributed by atoms with Gasteiger partial charge in [-0.3, -0.25) is 15.1 Å². The third-order valence-corrected chi connectivity index (χ3v) is 5.15. The van der Waals surface area contributed by atoms with Gasteiger partial charge in [-0.05, 0) is 37.3 Å². The van der Waals surface area contributed by atoms with Crippen LogP contribution in [-0.2, 0) is 13.1 Å². The Morgan fingerprint density at radius 1 is 1.24 bits per heavy atom. The molecule has 8 nitrogen and oxygen atoms in total. The maximum absolute atomic E-state index is 14.0. The molecule has 0 amide bonds. The SMILES string of the molecule is CCn1nccc1C1=C(c2cccc(C#N)c2)N=C(N)C(=N)/C1=C\NCc1ncccc1F. The van der Waals surface area contributed by atoms with E-state index in [1.54, 1.807) is 35.3 Å². The van der Waals surface area contributed by atoms with E-state index in [-0.39, 0.29) is 23.8 Å². The molecule has 164 valence electrons. The third-order valence-electron chi connectivity index (χ3n) is 5.15. The highest BCUT2D eigenvalue weighted by atomic mass is 19.1. The summed E-state index contributed by atoms with van der Waals surface area (Å²) in [6.07, 6.45) is 4.81. The predicted octanol–water partition coefficient (Wildman–Crippen LogP) is 3.24. The van der Waals surface area contributed by atoms with Gasteiger partial charge in [0.15, 0.2) is 0 Å². The van der Waals surface area contributed by atoms with E-state index in [1.165, 1.54) is 18.3 Å². The fraction of sp³-hybridized carbons (Fsp3) is 0.125. The van der Waals surface area contributed by atoms with Crippen LogP contribution >= 0.6 is 0 Å². The van der Waals surface area contributed by atoms with E-state index < -0.39 is 5.82 Å². The number of aromatic nitrogens is 3. The second kappa shape index (κ2) is 9.28. The van der Waals surface area contributed by atoms with Gasteiger partial charge in [0.2, 0.25) is 0 Å². The summed E-state index contributed by atoms with van der Waals surface area (Å²) in [5.41, 5.74) is 9.95. The molecule has 9 heteroatoms. The van der Waals surface area contributed by atoms with Crippen LogP contribution in [0.15, 0.2) is 71.6 Å². The summed E-state index contributed by atoms with van der Waals surface area (Å²) in [6.45, 7) is 2.69. The first-order valence-electron chi connectivity index (χ1n) is 10.3. The van der Waals surface area contributed by atoms with Crippen molar-refractivity contribution in [3.05, 3.63) is 95.0 Å². The number of halogens is 1. The molecule has 33 heavy (non-hydrogen) atoms. The molecule has 3 heterocycles. The second-order valence-corrected chi connectivity index (χ2v) is 7.19. The van der Waals surface area contributed by atoms with Crippen LogP contribution in [0.4, 0.5) is 4.39 Å². The molecule has 1 aliphatic rings. The summed E-state index contributed by atoms with van der Waals surface area (Å²) in [5.74, 6) is -0.382. The van der Waals surface area contributed by atoms with Gasteiger partial charge in [-0.2, -0.15) is 10.4 Å². The number of nitrogens with zero attached hydrogens (tertiary/aromatic N) is 5. The minimum absolute atomic E-state index is 0.0306. The zero-order chi connectivity index (χ0) is 23.4. The van der Waals surface area contributed by atoms with Gasteiger partial charge in [0.25, 0.3) is 0 Å². The Labute approximate surface area is 190 Å². The summed E-state index contributed by atoms with van der Waals surface area (Å²) in [4.78, 5) is 8.56. The first-order chi connectivity index (χ1) is 16.0. The number of hydrogen-bond donors (Lipinski definition) is 3. The number of benzene rings is 1. The zero-order valence-electron chi connectivity index (χ0n) is 17.9. The fourth-order valence-corrected chi connectivity index (χ4v) is 3.57. The van der Waals surface area contributed by atoms with Crippen LogP contribution in [0.25, 0.3) is 11.3 Å². The smallest absolute Gasteiger partial charge is 0.150 e. The Bertz CT molecular complexity index is 1360. The van der Waals surface area contributed by atoms with Crippen molar-refractivity contribution in [3.8, 4) is 6.07 Å². The molecule has 4 rings (SSSR count). The van der Waals surface area contributed by atoms with Crippen LogP contribution in [0.1, 0.15) is 29.4 Å². The number of nitrogens with two attached hydrogens (primary N) is 1. The van der Waals surface area contributed by atoms with Gasteiger partial charge in [-0.15, -0.1) is 0 Å².